The zero-order valence-electron chi connectivity index (χ0n) is 14.5. The van der Waals surface area contributed by atoms with Crippen molar-refractivity contribution in [2.24, 2.45) is 28.2 Å². The Balaban J connectivity index is 1.53. The fourth-order valence-electron chi connectivity index (χ4n) is 3.86. The van der Waals surface area contributed by atoms with E-state index >= 15 is 0 Å². The van der Waals surface area contributed by atoms with Crippen LogP contribution in [-0.2, 0) is 4.74 Å². The first-order valence-corrected chi connectivity index (χ1v) is 9.47. The van der Waals surface area contributed by atoms with Crippen LogP contribution in [0.2, 0.25) is 0 Å². The van der Waals surface area contributed by atoms with Crippen LogP contribution in [0.15, 0.2) is 4.99 Å². The molecule has 1 heterocycles. The highest BCUT2D eigenvalue weighted by atomic mass is 16.5. The van der Waals surface area contributed by atoms with Crippen LogP contribution in [0, 0.1) is 23.2 Å². The number of rotatable bonds is 9. The molecule has 3 N–H and O–H groups in total. The van der Waals surface area contributed by atoms with Crippen molar-refractivity contribution in [2.75, 3.05) is 39.5 Å². The molecular weight excluding hydrogens is 290 g/mol. The summed E-state index contributed by atoms with van der Waals surface area (Å²) in [4.78, 5) is 4.82. The van der Waals surface area contributed by atoms with Crippen molar-refractivity contribution in [3.05, 3.63) is 0 Å². The van der Waals surface area contributed by atoms with Gasteiger partial charge in [-0.3, -0.25) is 4.99 Å². The van der Waals surface area contributed by atoms with Gasteiger partial charge < -0.3 is 20.5 Å². The van der Waals surface area contributed by atoms with Crippen molar-refractivity contribution in [1.82, 2.24) is 10.6 Å². The number of guanidine groups is 1. The first-order valence-electron chi connectivity index (χ1n) is 9.47. The van der Waals surface area contributed by atoms with E-state index in [1.165, 1.54) is 25.7 Å². The predicted molar refractivity (Wildman–Crippen MR) is 92.5 cm³/mol. The predicted octanol–water partition coefficient (Wildman–Crippen LogP) is 1.77. The van der Waals surface area contributed by atoms with Crippen LogP contribution < -0.4 is 10.6 Å². The average Bonchev–Trinajstić information content (AvgIpc) is 3.47. The summed E-state index contributed by atoms with van der Waals surface area (Å²) >= 11 is 0. The molecule has 2 aliphatic carbocycles. The van der Waals surface area contributed by atoms with Gasteiger partial charge in [0, 0.05) is 31.7 Å². The normalized spacial score (nSPS) is 28.4. The van der Waals surface area contributed by atoms with E-state index in [1.54, 1.807) is 0 Å². The van der Waals surface area contributed by atoms with Crippen molar-refractivity contribution in [3.8, 4) is 0 Å². The average molecular weight is 323 g/mol. The SMILES string of the molecule is CCNC(=NCC1(CCO)CCOC1)NCC(C1CC1)C1CC1. The monoisotopic (exact) mass is 323 g/mol. The number of nitrogens with zero attached hydrogens (tertiary/aromatic N) is 1. The number of aliphatic hydroxyl groups excluding tert-OH is 1. The van der Waals surface area contributed by atoms with Crippen LogP contribution >= 0.6 is 0 Å². The minimum absolute atomic E-state index is 0.0312. The third-order valence-corrected chi connectivity index (χ3v) is 5.70. The smallest absolute Gasteiger partial charge is 0.191 e. The molecule has 0 spiro atoms. The molecule has 3 fully saturated rings. The minimum Gasteiger partial charge on any atom is -0.396 e. The minimum atomic E-state index is 0.0312. The Labute approximate surface area is 140 Å². The van der Waals surface area contributed by atoms with E-state index in [1.807, 2.05) is 0 Å². The van der Waals surface area contributed by atoms with Gasteiger partial charge in [-0.2, -0.15) is 0 Å². The molecule has 0 bridgehead atoms. The van der Waals surface area contributed by atoms with E-state index < -0.39 is 0 Å². The fourth-order valence-corrected chi connectivity index (χ4v) is 3.86. The molecule has 0 amide bonds. The Bertz CT molecular complexity index is 387. The lowest BCUT2D eigenvalue weighted by atomic mass is 9.84. The maximum atomic E-state index is 9.34. The van der Waals surface area contributed by atoms with Gasteiger partial charge in [-0.05, 0) is 63.2 Å². The number of aliphatic imine (C=N–C) groups is 1. The van der Waals surface area contributed by atoms with E-state index in [2.05, 4.69) is 17.6 Å². The Morgan fingerprint density at radius 3 is 2.52 bits per heavy atom. The Kier molecular flexibility index (Phi) is 5.81. The second-order valence-corrected chi connectivity index (χ2v) is 7.69. The molecule has 0 radical (unpaired) electrons. The molecule has 1 atom stereocenters. The van der Waals surface area contributed by atoms with Crippen LogP contribution in [0.4, 0.5) is 0 Å². The van der Waals surface area contributed by atoms with Gasteiger partial charge in [0.15, 0.2) is 5.96 Å². The Morgan fingerprint density at radius 2 is 2.00 bits per heavy atom. The molecule has 23 heavy (non-hydrogen) atoms. The van der Waals surface area contributed by atoms with Gasteiger partial charge >= 0.3 is 0 Å². The molecule has 1 unspecified atom stereocenters. The van der Waals surface area contributed by atoms with Gasteiger partial charge in [0.2, 0.25) is 0 Å². The van der Waals surface area contributed by atoms with E-state index in [4.69, 9.17) is 9.73 Å². The quantitative estimate of drug-likeness (QED) is 0.447. The molecule has 3 aliphatic rings. The molecule has 0 aromatic rings. The number of ether oxygens (including phenoxy) is 1. The van der Waals surface area contributed by atoms with Gasteiger partial charge in [-0.25, -0.2) is 0 Å². The molecule has 3 rings (SSSR count). The summed E-state index contributed by atoms with van der Waals surface area (Å²) in [5, 5.41) is 16.3. The molecule has 0 aromatic heterocycles. The van der Waals surface area contributed by atoms with E-state index in [0.29, 0.717) is 0 Å². The summed E-state index contributed by atoms with van der Waals surface area (Å²) in [5.41, 5.74) is 0.0312. The zero-order valence-corrected chi connectivity index (χ0v) is 14.5. The summed E-state index contributed by atoms with van der Waals surface area (Å²) in [6.07, 6.45) is 7.48. The van der Waals surface area contributed by atoms with Crippen LogP contribution in [0.5, 0.6) is 0 Å². The number of hydrogen-bond acceptors (Lipinski definition) is 3. The third-order valence-electron chi connectivity index (χ3n) is 5.70. The fraction of sp³-hybridized carbons (Fsp3) is 0.944. The second kappa shape index (κ2) is 7.84. The number of hydrogen-bond donors (Lipinski definition) is 3. The zero-order chi connectivity index (χ0) is 16.1. The van der Waals surface area contributed by atoms with Gasteiger partial charge in [0.25, 0.3) is 0 Å². The first kappa shape index (κ1) is 17.0. The summed E-state index contributed by atoms with van der Waals surface area (Å²) in [5.74, 6) is 3.70. The maximum absolute atomic E-state index is 9.34. The number of aliphatic hydroxyl groups is 1. The van der Waals surface area contributed by atoms with E-state index in [9.17, 15) is 5.11 Å². The van der Waals surface area contributed by atoms with E-state index in [-0.39, 0.29) is 12.0 Å². The van der Waals surface area contributed by atoms with Crippen molar-refractivity contribution in [2.45, 2.75) is 45.4 Å². The topological polar surface area (TPSA) is 65.9 Å². The van der Waals surface area contributed by atoms with Gasteiger partial charge in [0.1, 0.15) is 0 Å². The van der Waals surface area contributed by atoms with Crippen molar-refractivity contribution in [1.29, 1.82) is 0 Å². The van der Waals surface area contributed by atoms with Crippen molar-refractivity contribution < 1.29 is 9.84 Å². The highest BCUT2D eigenvalue weighted by Crippen LogP contribution is 2.48. The summed E-state index contributed by atoms with van der Waals surface area (Å²) in [6.45, 7) is 6.53. The van der Waals surface area contributed by atoms with Gasteiger partial charge in [-0.15, -0.1) is 0 Å². The standard InChI is InChI=1S/C18H33N3O2/c1-2-19-17(20-11-16(14-3-4-14)15-5-6-15)21-12-18(7-9-22)8-10-23-13-18/h14-16,22H,2-13H2,1H3,(H2,19,20,21). The molecule has 0 aromatic carbocycles. The molecule has 132 valence electrons. The van der Waals surface area contributed by atoms with E-state index in [0.717, 1.165) is 69.4 Å². The molecule has 2 saturated carbocycles. The van der Waals surface area contributed by atoms with Crippen LogP contribution in [0.1, 0.15) is 45.4 Å². The molecule has 5 nitrogen and oxygen atoms in total. The lowest BCUT2D eigenvalue weighted by Gasteiger charge is -2.25. The largest absolute Gasteiger partial charge is 0.396 e. The second-order valence-electron chi connectivity index (χ2n) is 7.69. The first-order chi connectivity index (χ1) is 11.3. The third kappa shape index (κ3) is 4.83. The highest BCUT2D eigenvalue weighted by Gasteiger charge is 2.41. The maximum Gasteiger partial charge on any atom is 0.191 e. The Morgan fingerprint density at radius 1 is 1.26 bits per heavy atom. The summed E-state index contributed by atoms with van der Waals surface area (Å²) in [7, 11) is 0. The molecular formula is C18H33N3O2. The van der Waals surface area contributed by atoms with Gasteiger partial charge in [0.05, 0.1) is 13.2 Å². The van der Waals surface area contributed by atoms with Crippen molar-refractivity contribution in [3.63, 3.8) is 0 Å². The molecule has 5 heteroatoms. The lowest BCUT2D eigenvalue weighted by Crippen LogP contribution is -2.41. The lowest BCUT2D eigenvalue weighted by molar-refractivity contribution is 0.131. The summed E-state index contributed by atoms with van der Waals surface area (Å²) in [6, 6.07) is 0. The van der Waals surface area contributed by atoms with Gasteiger partial charge in [-0.1, -0.05) is 0 Å². The molecule has 1 aliphatic heterocycles. The van der Waals surface area contributed by atoms with Crippen LogP contribution in [0.3, 0.4) is 0 Å². The van der Waals surface area contributed by atoms with Crippen LogP contribution in [0.25, 0.3) is 0 Å². The van der Waals surface area contributed by atoms with Crippen LogP contribution in [-0.4, -0.2) is 50.5 Å². The Hall–Kier alpha value is -0.810. The highest BCUT2D eigenvalue weighted by molar-refractivity contribution is 5.79. The number of nitrogens with one attached hydrogen (secondary N) is 2. The summed E-state index contributed by atoms with van der Waals surface area (Å²) < 4.78 is 5.56. The van der Waals surface area contributed by atoms with Crippen molar-refractivity contribution >= 4 is 5.96 Å². The molecule has 1 saturated heterocycles.